The van der Waals surface area contributed by atoms with Gasteiger partial charge in [0.15, 0.2) is 0 Å². The highest BCUT2D eigenvalue weighted by Gasteiger charge is 2.38. The van der Waals surface area contributed by atoms with E-state index in [4.69, 9.17) is 16.3 Å². The lowest BCUT2D eigenvalue weighted by Crippen LogP contribution is -2.52. The van der Waals surface area contributed by atoms with Crippen molar-refractivity contribution in [3.63, 3.8) is 0 Å². The van der Waals surface area contributed by atoms with Crippen LogP contribution < -0.4 is 0 Å². The number of aromatic nitrogens is 2. The van der Waals surface area contributed by atoms with Crippen molar-refractivity contribution in [2.75, 3.05) is 26.3 Å². The molecule has 120 valence electrons. The Hall–Kier alpha value is -1.85. The molecule has 0 bridgehead atoms. The number of amides is 1. The number of hydrogen-bond donors (Lipinski definition) is 1. The van der Waals surface area contributed by atoms with Crippen LogP contribution in [0.25, 0.3) is 11.3 Å². The Labute approximate surface area is 139 Å². The molecule has 1 atom stereocenters. The van der Waals surface area contributed by atoms with Gasteiger partial charge in [0.1, 0.15) is 5.69 Å². The second-order valence-corrected chi connectivity index (χ2v) is 6.65. The lowest BCUT2D eigenvalue weighted by molar-refractivity contribution is 0.0336. The van der Waals surface area contributed by atoms with Crippen LogP contribution in [0.15, 0.2) is 30.3 Å². The number of benzene rings is 1. The van der Waals surface area contributed by atoms with E-state index in [2.05, 4.69) is 10.2 Å². The maximum atomic E-state index is 12.5. The molecule has 4 rings (SSSR count). The van der Waals surface area contributed by atoms with Crippen LogP contribution in [-0.4, -0.2) is 47.3 Å². The number of carbonyl (C=O) groups excluding carboxylic acids is 1. The van der Waals surface area contributed by atoms with E-state index in [1.54, 1.807) is 6.07 Å². The number of H-pyrrole nitrogens is 1. The van der Waals surface area contributed by atoms with E-state index in [-0.39, 0.29) is 5.91 Å². The smallest absolute Gasteiger partial charge is 0.271 e. The molecule has 2 aliphatic rings. The lowest BCUT2D eigenvalue weighted by atomic mass is 9.85. The SMILES string of the molecule is O=C(c1cc(-c2ccccc2Cl)n[nH]1)N1CC(C2CCOC2)C1. The highest BCUT2D eigenvalue weighted by molar-refractivity contribution is 6.33. The topological polar surface area (TPSA) is 58.2 Å². The summed E-state index contributed by atoms with van der Waals surface area (Å²) < 4.78 is 5.43. The van der Waals surface area contributed by atoms with Gasteiger partial charge in [-0.25, -0.2) is 0 Å². The molecule has 2 saturated heterocycles. The highest BCUT2D eigenvalue weighted by atomic mass is 35.5. The second-order valence-electron chi connectivity index (χ2n) is 6.24. The predicted octanol–water partition coefficient (Wildman–Crippen LogP) is 2.84. The number of ether oxygens (including phenoxy) is 1. The number of nitrogens with zero attached hydrogens (tertiary/aromatic N) is 2. The summed E-state index contributed by atoms with van der Waals surface area (Å²) in [5.74, 6) is 1.19. The molecule has 1 N–H and O–H groups in total. The standard InChI is InChI=1S/C17H18ClN3O2/c18-14-4-2-1-3-13(14)15-7-16(20-19-15)17(22)21-8-12(9-21)11-5-6-23-10-11/h1-4,7,11-12H,5-6,8-10H2,(H,19,20). The molecule has 3 heterocycles. The van der Waals surface area contributed by atoms with Gasteiger partial charge in [0.25, 0.3) is 5.91 Å². The number of rotatable bonds is 3. The summed E-state index contributed by atoms with van der Waals surface area (Å²) in [6.45, 7) is 3.32. The summed E-state index contributed by atoms with van der Waals surface area (Å²) in [7, 11) is 0. The first-order valence-corrected chi connectivity index (χ1v) is 8.27. The van der Waals surface area contributed by atoms with E-state index >= 15 is 0 Å². The van der Waals surface area contributed by atoms with Crippen molar-refractivity contribution in [1.29, 1.82) is 0 Å². The Morgan fingerprint density at radius 2 is 2.13 bits per heavy atom. The molecule has 1 aromatic heterocycles. The zero-order valence-electron chi connectivity index (χ0n) is 12.7. The summed E-state index contributed by atoms with van der Waals surface area (Å²) in [6.07, 6.45) is 1.12. The third-order valence-electron chi connectivity index (χ3n) is 4.79. The first-order chi connectivity index (χ1) is 11.2. The maximum absolute atomic E-state index is 12.5. The van der Waals surface area contributed by atoms with E-state index in [1.807, 2.05) is 29.2 Å². The fourth-order valence-corrected chi connectivity index (χ4v) is 3.54. The molecule has 0 saturated carbocycles. The summed E-state index contributed by atoms with van der Waals surface area (Å²) in [5.41, 5.74) is 2.04. The molecule has 2 aliphatic heterocycles. The summed E-state index contributed by atoms with van der Waals surface area (Å²) in [6, 6.07) is 9.26. The van der Waals surface area contributed by atoms with Crippen molar-refractivity contribution in [1.82, 2.24) is 15.1 Å². The first kappa shape index (κ1) is 14.7. The fraction of sp³-hybridized carbons (Fsp3) is 0.412. The normalized spacial score (nSPS) is 21.4. The molecule has 0 spiro atoms. The Bertz CT molecular complexity index is 718. The zero-order valence-corrected chi connectivity index (χ0v) is 13.4. The van der Waals surface area contributed by atoms with Crippen LogP contribution in [-0.2, 0) is 4.74 Å². The minimum Gasteiger partial charge on any atom is -0.381 e. The Balaban J connectivity index is 1.43. The largest absolute Gasteiger partial charge is 0.381 e. The Morgan fingerprint density at radius 1 is 1.30 bits per heavy atom. The number of likely N-dealkylation sites (tertiary alicyclic amines) is 1. The summed E-state index contributed by atoms with van der Waals surface area (Å²) in [4.78, 5) is 14.4. The van der Waals surface area contributed by atoms with Crippen LogP contribution in [0.5, 0.6) is 0 Å². The molecular weight excluding hydrogens is 314 g/mol. The fourth-order valence-electron chi connectivity index (χ4n) is 3.31. The molecule has 1 unspecified atom stereocenters. The predicted molar refractivity (Wildman–Crippen MR) is 87.4 cm³/mol. The van der Waals surface area contributed by atoms with Crippen LogP contribution in [0.2, 0.25) is 5.02 Å². The molecule has 0 radical (unpaired) electrons. The van der Waals surface area contributed by atoms with Crippen molar-refractivity contribution < 1.29 is 9.53 Å². The highest BCUT2D eigenvalue weighted by Crippen LogP contribution is 2.31. The molecule has 2 aromatic rings. The number of aromatic amines is 1. The molecule has 6 heteroatoms. The minimum atomic E-state index is 0.00553. The van der Waals surface area contributed by atoms with Crippen molar-refractivity contribution in [3.05, 3.63) is 41.0 Å². The molecule has 2 fully saturated rings. The van der Waals surface area contributed by atoms with E-state index in [0.717, 1.165) is 38.3 Å². The van der Waals surface area contributed by atoms with E-state index in [1.165, 1.54) is 0 Å². The molecule has 0 aliphatic carbocycles. The number of hydrogen-bond acceptors (Lipinski definition) is 3. The van der Waals surface area contributed by atoms with Gasteiger partial charge in [-0.05, 0) is 30.4 Å². The number of carbonyl (C=O) groups is 1. The quantitative estimate of drug-likeness (QED) is 0.941. The van der Waals surface area contributed by atoms with Gasteiger partial charge in [0.2, 0.25) is 0 Å². The molecular formula is C17H18ClN3O2. The van der Waals surface area contributed by atoms with Gasteiger partial charge in [0.05, 0.1) is 10.7 Å². The van der Waals surface area contributed by atoms with Gasteiger partial charge in [-0.2, -0.15) is 5.10 Å². The summed E-state index contributed by atoms with van der Waals surface area (Å²) in [5, 5.41) is 7.70. The van der Waals surface area contributed by atoms with E-state index in [0.29, 0.717) is 28.2 Å². The molecule has 5 nitrogen and oxygen atoms in total. The average molecular weight is 332 g/mol. The van der Waals surface area contributed by atoms with Crippen LogP contribution in [0.4, 0.5) is 0 Å². The minimum absolute atomic E-state index is 0.00553. The third kappa shape index (κ3) is 2.75. The second kappa shape index (κ2) is 5.98. The van der Waals surface area contributed by atoms with Gasteiger partial charge in [-0.3, -0.25) is 9.89 Å². The van der Waals surface area contributed by atoms with Crippen LogP contribution >= 0.6 is 11.6 Å². The number of halogens is 1. The Kier molecular flexibility index (Phi) is 3.83. The average Bonchev–Trinajstić information content (AvgIpc) is 3.17. The van der Waals surface area contributed by atoms with Crippen LogP contribution in [0, 0.1) is 11.8 Å². The van der Waals surface area contributed by atoms with Crippen molar-refractivity contribution in [2.24, 2.45) is 11.8 Å². The van der Waals surface area contributed by atoms with Crippen molar-refractivity contribution >= 4 is 17.5 Å². The lowest BCUT2D eigenvalue weighted by Gasteiger charge is -2.41. The third-order valence-corrected chi connectivity index (χ3v) is 5.12. The summed E-state index contributed by atoms with van der Waals surface area (Å²) >= 11 is 6.18. The van der Waals surface area contributed by atoms with Crippen LogP contribution in [0.1, 0.15) is 16.9 Å². The Morgan fingerprint density at radius 3 is 2.87 bits per heavy atom. The van der Waals surface area contributed by atoms with Gasteiger partial charge in [-0.1, -0.05) is 29.8 Å². The van der Waals surface area contributed by atoms with Crippen molar-refractivity contribution in [3.8, 4) is 11.3 Å². The monoisotopic (exact) mass is 331 g/mol. The van der Waals surface area contributed by atoms with Gasteiger partial charge in [-0.15, -0.1) is 0 Å². The van der Waals surface area contributed by atoms with Gasteiger partial charge < -0.3 is 9.64 Å². The van der Waals surface area contributed by atoms with E-state index in [9.17, 15) is 4.79 Å². The first-order valence-electron chi connectivity index (χ1n) is 7.89. The van der Waals surface area contributed by atoms with Gasteiger partial charge >= 0.3 is 0 Å². The van der Waals surface area contributed by atoms with E-state index < -0.39 is 0 Å². The van der Waals surface area contributed by atoms with Gasteiger partial charge in [0, 0.05) is 31.9 Å². The zero-order chi connectivity index (χ0) is 15.8. The molecule has 23 heavy (non-hydrogen) atoms. The van der Waals surface area contributed by atoms with Crippen LogP contribution in [0.3, 0.4) is 0 Å². The molecule has 1 aromatic carbocycles. The maximum Gasteiger partial charge on any atom is 0.271 e. The van der Waals surface area contributed by atoms with Crippen molar-refractivity contribution in [2.45, 2.75) is 6.42 Å². The molecule has 1 amide bonds. The number of nitrogens with one attached hydrogen (secondary N) is 1.